The van der Waals surface area contributed by atoms with Gasteiger partial charge >= 0.3 is 0 Å². The second kappa shape index (κ2) is 11.7. The standard InChI is InChI=1S/C20H22FNO4S2/c1-15(20(23)8-5-12-27-28-13-11-26-22(24)25)17-9-10-18(19(21)14-17)16-6-3-2-4-7-16/h2-4,6-7,9-10,14-15H,5,8,11-13H2,1H3. The minimum absolute atomic E-state index is 0.0607. The van der Waals surface area contributed by atoms with Crippen LogP contribution in [0.15, 0.2) is 48.5 Å². The van der Waals surface area contributed by atoms with Crippen molar-refractivity contribution in [2.24, 2.45) is 0 Å². The van der Waals surface area contributed by atoms with Gasteiger partial charge in [-0.15, -0.1) is 10.1 Å². The normalized spacial score (nSPS) is 11.8. The SMILES string of the molecule is CC(C(=O)CCCSSCCO[N+](=O)[O-])c1ccc(-c2ccccc2)c(F)c1. The number of hydrogen-bond acceptors (Lipinski definition) is 6. The molecule has 0 N–H and O–H groups in total. The lowest BCUT2D eigenvalue weighted by molar-refractivity contribution is -0.756. The summed E-state index contributed by atoms with van der Waals surface area (Å²) in [4.78, 5) is 26.6. The Bertz CT molecular complexity index is 789. The molecule has 1 unspecified atom stereocenters. The first-order chi connectivity index (χ1) is 13.5. The van der Waals surface area contributed by atoms with Gasteiger partial charge < -0.3 is 4.84 Å². The molecule has 1 atom stereocenters. The van der Waals surface area contributed by atoms with Crippen molar-refractivity contribution in [3.8, 4) is 11.1 Å². The third-order valence-corrected chi connectivity index (χ3v) is 6.61. The summed E-state index contributed by atoms with van der Waals surface area (Å²) >= 11 is 0. The van der Waals surface area contributed by atoms with Gasteiger partial charge in [-0.05, 0) is 23.6 Å². The Morgan fingerprint density at radius 3 is 2.57 bits per heavy atom. The Labute approximate surface area is 171 Å². The molecule has 2 aromatic carbocycles. The van der Waals surface area contributed by atoms with E-state index in [2.05, 4.69) is 4.84 Å². The summed E-state index contributed by atoms with van der Waals surface area (Å²) in [6, 6.07) is 14.3. The molecule has 0 spiro atoms. The number of hydrogen-bond donors (Lipinski definition) is 0. The lowest BCUT2D eigenvalue weighted by Crippen LogP contribution is -2.09. The van der Waals surface area contributed by atoms with Gasteiger partial charge in [0.2, 0.25) is 0 Å². The van der Waals surface area contributed by atoms with Crippen LogP contribution in [-0.4, -0.2) is 29.0 Å². The maximum atomic E-state index is 14.5. The summed E-state index contributed by atoms with van der Waals surface area (Å²) in [6.07, 6.45) is 1.13. The van der Waals surface area contributed by atoms with Crippen molar-refractivity contribution in [3.05, 3.63) is 70.0 Å². The molecule has 0 saturated heterocycles. The number of carbonyl (C=O) groups excluding carboxylic acids is 1. The molecule has 2 rings (SSSR count). The first kappa shape index (κ1) is 22.2. The molecule has 28 heavy (non-hydrogen) atoms. The monoisotopic (exact) mass is 423 g/mol. The largest absolute Gasteiger partial charge is 0.313 e. The first-order valence-corrected chi connectivity index (χ1v) is 11.4. The van der Waals surface area contributed by atoms with Gasteiger partial charge in [-0.1, -0.05) is 71.0 Å². The molecule has 0 heterocycles. The topological polar surface area (TPSA) is 69.4 Å². The quantitative estimate of drug-likeness (QED) is 0.193. The number of benzene rings is 2. The summed E-state index contributed by atoms with van der Waals surface area (Å²) in [5, 5.41) is 9.20. The zero-order valence-corrected chi connectivity index (χ0v) is 17.1. The highest BCUT2D eigenvalue weighted by Crippen LogP contribution is 2.28. The molecule has 0 aliphatic heterocycles. The van der Waals surface area contributed by atoms with E-state index >= 15 is 0 Å². The number of carbonyl (C=O) groups is 1. The van der Waals surface area contributed by atoms with Gasteiger partial charge in [-0.2, -0.15) is 0 Å². The zero-order valence-electron chi connectivity index (χ0n) is 15.5. The van der Waals surface area contributed by atoms with Crippen molar-refractivity contribution >= 4 is 27.4 Å². The number of halogens is 1. The van der Waals surface area contributed by atoms with Crippen molar-refractivity contribution in [1.82, 2.24) is 0 Å². The molecule has 0 radical (unpaired) electrons. The van der Waals surface area contributed by atoms with Crippen LogP contribution < -0.4 is 0 Å². The predicted octanol–water partition coefficient (Wildman–Crippen LogP) is 5.54. The van der Waals surface area contributed by atoms with Gasteiger partial charge in [-0.3, -0.25) is 4.79 Å². The Hall–Kier alpha value is -2.06. The fourth-order valence-electron chi connectivity index (χ4n) is 2.62. The van der Waals surface area contributed by atoms with Crippen molar-refractivity contribution in [1.29, 1.82) is 0 Å². The molecule has 0 amide bonds. The van der Waals surface area contributed by atoms with Gasteiger partial charge in [-0.25, -0.2) is 4.39 Å². The molecule has 0 fully saturated rings. The molecule has 0 aliphatic carbocycles. The average Bonchev–Trinajstić information content (AvgIpc) is 2.69. The van der Waals surface area contributed by atoms with Crippen LogP contribution in [0.4, 0.5) is 4.39 Å². The third-order valence-electron chi connectivity index (χ3n) is 4.16. The van der Waals surface area contributed by atoms with Gasteiger partial charge in [0.25, 0.3) is 5.09 Å². The molecule has 150 valence electrons. The Morgan fingerprint density at radius 1 is 1.18 bits per heavy atom. The van der Waals surface area contributed by atoms with Crippen molar-refractivity contribution in [3.63, 3.8) is 0 Å². The maximum Gasteiger partial charge on any atom is 0.294 e. The van der Waals surface area contributed by atoms with Crippen molar-refractivity contribution < 1.29 is 19.1 Å². The van der Waals surface area contributed by atoms with E-state index in [1.807, 2.05) is 36.4 Å². The molecular formula is C20H22FNO4S2. The molecular weight excluding hydrogens is 401 g/mol. The van der Waals surface area contributed by atoms with Gasteiger partial charge in [0.15, 0.2) is 0 Å². The molecule has 0 aromatic heterocycles. The summed E-state index contributed by atoms with van der Waals surface area (Å²) in [7, 11) is 3.04. The molecule has 0 bridgehead atoms. The third kappa shape index (κ3) is 7.16. The van der Waals surface area contributed by atoms with Crippen LogP contribution >= 0.6 is 21.6 Å². The zero-order chi connectivity index (χ0) is 20.4. The van der Waals surface area contributed by atoms with E-state index in [0.29, 0.717) is 29.7 Å². The number of rotatable bonds is 12. The number of Topliss-reactive ketones (excluding diaryl/α,β-unsaturated/α-hetero) is 1. The number of ketones is 1. The fraction of sp³-hybridized carbons (Fsp3) is 0.350. The first-order valence-electron chi connectivity index (χ1n) is 8.88. The molecule has 8 heteroatoms. The molecule has 2 aromatic rings. The lowest BCUT2D eigenvalue weighted by Gasteiger charge is -2.13. The van der Waals surface area contributed by atoms with Crippen LogP contribution in [0.3, 0.4) is 0 Å². The van der Waals surface area contributed by atoms with Gasteiger partial charge in [0, 0.05) is 29.4 Å². The highest BCUT2D eigenvalue weighted by atomic mass is 33.1. The molecule has 0 saturated carbocycles. The second-order valence-corrected chi connectivity index (χ2v) is 8.80. The predicted molar refractivity (Wildman–Crippen MR) is 112 cm³/mol. The van der Waals surface area contributed by atoms with E-state index < -0.39 is 5.09 Å². The maximum absolute atomic E-state index is 14.5. The second-order valence-electron chi connectivity index (χ2n) is 6.10. The minimum atomic E-state index is -0.805. The molecule has 0 aliphatic rings. The summed E-state index contributed by atoms with van der Waals surface area (Å²) in [6.45, 7) is 1.86. The van der Waals surface area contributed by atoms with Gasteiger partial charge in [0.1, 0.15) is 18.2 Å². The average molecular weight is 424 g/mol. The van der Waals surface area contributed by atoms with Crippen LogP contribution in [0.1, 0.15) is 31.2 Å². The lowest BCUT2D eigenvalue weighted by atomic mass is 9.92. The van der Waals surface area contributed by atoms with Crippen LogP contribution in [0.5, 0.6) is 0 Å². The highest BCUT2D eigenvalue weighted by molar-refractivity contribution is 8.76. The number of nitrogens with zero attached hydrogens (tertiary/aromatic N) is 1. The van der Waals surface area contributed by atoms with E-state index in [4.69, 9.17) is 0 Å². The van der Waals surface area contributed by atoms with E-state index in [9.17, 15) is 19.3 Å². The van der Waals surface area contributed by atoms with E-state index in [0.717, 1.165) is 11.3 Å². The Balaban J connectivity index is 1.77. The Kier molecular flexibility index (Phi) is 9.30. The van der Waals surface area contributed by atoms with Crippen LogP contribution in [0.2, 0.25) is 0 Å². The van der Waals surface area contributed by atoms with Crippen LogP contribution in [0.25, 0.3) is 11.1 Å². The van der Waals surface area contributed by atoms with E-state index in [-0.39, 0.29) is 24.1 Å². The van der Waals surface area contributed by atoms with Crippen molar-refractivity contribution in [2.75, 3.05) is 18.1 Å². The summed E-state index contributed by atoms with van der Waals surface area (Å²) in [5.41, 5.74) is 2.02. The van der Waals surface area contributed by atoms with E-state index in [1.54, 1.807) is 23.8 Å². The van der Waals surface area contributed by atoms with Gasteiger partial charge in [0.05, 0.1) is 0 Å². The smallest absolute Gasteiger partial charge is 0.294 e. The van der Waals surface area contributed by atoms with Crippen molar-refractivity contribution in [2.45, 2.75) is 25.7 Å². The Morgan fingerprint density at radius 2 is 1.89 bits per heavy atom. The summed E-state index contributed by atoms with van der Waals surface area (Å²) < 4.78 is 14.5. The highest BCUT2D eigenvalue weighted by Gasteiger charge is 2.17. The van der Waals surface area contributed by atoms with Crippen LogP contribution in [0, 0.1) is 15.9 Å². The molecule has 5 nitrogen and oxygen atoms in total. The van der Waals surface area contributed by atoms with E-state index in [1.165, 1.54) is 16.9 Å². The summed E-state index contributed by atoms with van der Waals surface area (Å²) in [5.74, 6) is 0.679. The van der Waals surface area contributed by atoms with Crippen LogP contribution in [-0.2, 0) is 9.63 Å². The minimum Gasteiger partial charge on any atom is -0.313 e. The fourth-order valence-corrected chi connectivity index (χ4v) is 4.53.